The molecule has 4 heteroatoms. The number of hydrogen-bond donors (Lipinski definition) is 3. The number of phenols is 1. The van der Waals surface area contributed by atoms with Crippen LogP contribution >= 0.6 is 0 Å². The smallest absolute Gasteiger partial charge is 0.165 e. The zero-order valence-corrected chi connectivity index (χ0v) is 10.4. The van der Waals surface area contributed by atoms with Gasteiger partial charge in [0.1, 0.15) is 0 Å². The fourth-order valence-electron chi connectivity index (χ4n) is 2.44. The summed E-state index contributed by atoms with van der Waals surface area (Å²) in [4.78, 5) is 0. The van der Waals surface area contributed by atoms with Crippen LogP contribution in [0.1, 0.15) is 37.7 Å². The number of hydrogen-bond acceptors (Lipinski definition) is 3. The molecule has 3 N–H and O–H groups in total. The molecule has 3 nitrogen and oxygen atoms in total. The number of phenolic OH excluding ortho intramolecular Hbond substituents is 1. The Kier molecular flexibility index (Phi) is 4.55. The van der Waals surface area contributed by atoms with Crippen LogP contribution in [0.5, 0.6) is 5.75 Å². The zero-order valence-electron chi connectivity index (χ0n) is 10.4. The molecule has 2 rings (SSSR count). The van der Waals surface area contributed by atoms with E-state index in [0.29, 0.717) is 6.54 Å². The number of halogens is 1. The first-order valence-corrected chi connectivity index (χ1v) is 6.55. The summed E-state index contributed by atoms with van der Waals surface area (Å²) >= 11 is 0. The van der Waals surface area contributed by atoms with Crippen molar-refractivity contribution in [3.63, 3.8) is 0 Å². The Bertz CT molecular complexity index is 397. The first-order chi connectivity index (χ1) is 8.66. The maximum Gasteiger partial charge on any atom is 0.165 e. The van der Waals surface area contributed by atoms with E-state index in [9.17, 15) is 9.50 Å². The molecule has 100 valence electrons. The van der Waals surface area contributed by atoms with Gasteiger partial charge in [0.15, 0.2) is 11.6 Å². The maximum atomic E-state index is 13.2. The predicted molar refractivity (Wildman–Crippen MR) is 67.8 cm³/mol. The highest BCUT2D eigenvalue weighted by Crippen LogP contribution is 2.19. The van der Waals surface area contributed by atoms with Crippen LogP contribution < -0.4 is 5.32 Å². The van der Waals surface area contributed by atoms with Gasteiger partial charge < -0.3 is 15.5 Å². The summed E-state index contributed by atoms with van der Waals surface area (Å²) in [7, 11) is 0. The second-order valence-electron chi connectivity index (χ2n) is 4.98. The molecule has 0 aliphatic heterocycles. The fraction of sp³-hybridized carbons (Fsp3) is 0.571. The Balaban J connectivity index is 1.91. The molecular weight excluding hydrogens is 233 g/mol. The Labute approximate surface area is 107 Å². The molecule has 2 atom stereocenters. The largest absolute Gasteiger partial charge is 0.505 e. The fourth-order valence-corrected chi connectivity index (χ4v) is 2.44. The van der Waals surface area contributed by atoms with Crippen molar-refractivity contribution >= 4 is 0 Å². The van der Waals surface area contributed by atoms with Crippen LogP contribution in [0.2, 0.25) is 0 Å². The average molecular weight is 253 g/mol. The lowest BCUT2D eigenvalue weighted by Gasteiger charge is -2.21. The van der Waals surface area contributed by atoms with E-state index in [4.69, 9.17) is 5.11 Å². The van der Waals surface area contributed by atoms with Gasteiger partial charge >= 0.3 is 0 Å². The lowest BCUT2D eigenvalue weighted by Crippen LogP contribution is -2.38. The summed E-state index contributed by atoms with van der Waals surface area (Å²) in [5.74, 6) is -0.927. The molecule has 0 bridgehead atoms. The monoisotopic (exact) mass is 253 g/mol. The molecule has 0 heterocycles. The second-order valence-corrected chi connectivity index (χ2v) is 4.98. The molecular formula is C14H20FNO2. The molecule has 0 aromatic heterocycles. The standard InChI is InChI=1S/C14H20FNO2/c15-11-8-10(6-7-13(11)17)9-16-12-4-2-1-3-5-14(12)18/h6-8,12,14,16-18H,1-5,9H2. The van der Waals surface area contributed by atoms with Gasteiger partial charge in [0.2, 0.25) is 0 Å². The van der Waals surface area contributed by atoms with Gasteiger partial charge in [-0.1, -0.05) is 25.3 Å². The van der Waals surface area contributed by atoms with Crippen molar-refractivity contribution in [2.45, 2.75) is 50.8 Å². The third-order valence-corrected chi connectivity index (χ3v) is 3.56. The summed E-state index contributed by atoms with van der Waals surface area (Å²) in [6.45, 7) is 0.513. The van der Waals surface area contributed by atoms with Gasteiger partial charge in [0.05, 0.1) is 6.10 Å². The van der Waals surface area contributed by atoms with Gasteiger partial charge in [-0.25, -0.2) is 4.39 Å². The van der Waals surface area contributed by atoms with Gasteiger partial charge in [-0.05, 0) is 30.5 Å². The van der Waals surface area contributed by atoms with E-state index in [0.717, 1.165) is 31.2 Å². The van der Waals surface area contributed by atoms with E-state index in [2.05, 4.69) is 5.32 Å². The van der Waals surface area contributed by atoms with Crippen molar-refractivity contribution in [1.82, 2.24) is 5.32 Å². The van der Waals surface area contributed by atoms with Crippen LogP contribution in [0.25, 0.3) is 0 Å². The Hall–Kier alpha value is -1.13. The van der Waals surface area contributed by atoms with E-state index >= 15 is 0 Å². The molecule has 0 spiro atoms. The number of aromatic hydroxyl groups is 1. The molecule has 1 aliphatic rings. The minimum absolute atomic E-state index is 0.0874. The average Bonchev–Trinajstić information content (AvgIpc) is 2.56. The Morgan fingerprint density at radius 2 is 2.00 bits per heavy atom. The first kappa shape index (κ1) is 13.3. The van der Waals surface area contributed by atoms with Crippen molar-refractivity contribution in [3.8, 4) is 5.75 Å². The van der Waals surface area contributed by atoms with Gasteiger partial charge in [-0.2, -0.15) is 0 Å². The topological polar surface area (TPSA) is 52.5 Å². The van der Waals surface area contributed by atoms with Crippen LogP contribution in [-0.4, -0.2) is 22.4 Å². The van der Waals surface area contributed by atoms with E-state index in [1.54, 1.807) is 6.07 Å². The SMILES string of the molecule is Oc1ccc(CNC2CCCCCC2O)cc1F. The van der Waals surface area contributed by atoms with Crippen LogP contribution in [0.15, 0.2) is 18.2 Å². The van der Waals surface area contributed by atoms with Gasteiger partial charge in [0.25, 0.3) is 0 Å². The third-order valence-electron chi connectivity index (χ3n) is 3.56. The van der Waals surface area contributed by atoms with E-state index in [1.807, 2.05) is 0 Å². The zero-order chi connectivity index (χ0) is 13.0. The van der Waals surface area contributed by atoms with Gasteiger partial charge in [-0.3, -0.25) is 0 Å². The van der Waals surface area contributed by atoms with E-state index in [1.165, 1.54) is 18.6 Å². The molecule has 1 saturated carbocycles. The normalized spacial score (nSPS) is 24.8. The Morgan fingerprint density at radius 3 is 2.78 bits per heavy atom. The molecule has 18 heavy (non-hydrogen) atoms. The highest BCUT2D eigenvalue weighted by molar-refractivity contribution is 5.27. The van der Waals surface area contributed by atoms with Crippen LogP contribution in [-0.2, 0) is 6.54 Å². The number of benzene rings is 1. The minimum atomic E-state index is -0.601. The van der Waals surface area contributed by atoms with Gasteiger partial charge in [0, 0.05) is 12.6 Å². The molecule has 1 aromatic rings. The molecule has 1 aromatic carbocycles. The predicted octanol–water partition coefficient (Wildman–Crippen LogP) is 2.31. The van der Waals surface area contributed by atoms with Gasteiger partial charge in [-0.15, -0.1) is 0 Å². The number of aliphatic hydroxyl groups is 1. The molecule has 0 saturated heterocycles. The minimum Gasteiger partial charge on any atom is -0.505 e. The lowest BCUT2D eigenvalue weighted by atomic mass is 10.1. The lowest BCUT2D eigenvalue weighted by molar-refractivity contribution is 0.119. The summed E-state index contributed by atoms with van der Waals surface area (Å²) < 4.78 is 13.2. The van der Waals surface area contributed by atoms with Crippen LogP contribution in [0, 0.1) is 5.82 Å². The number of rotatable bonds is 3. The van der Waals surface area contributed by atoms with E-state index in [-0.39, 0.29) is 17.9 Å². The third kappa shape index (κ3) is 3.43. The van der Waals surface area contributed by atoms with Crippen LogP contribution in [0.4, 0.5) is 4.39 Å². The number of nitrogens with one attached hydrogen (secondary N) is 1. The molecule has 1 aliphatic carbocycles. The van der Waals surface area contributed by atoms with Crippen molar-refractivity contribution in [2.75, 3.05) is 0 Å². The number of aliphatic hydroxyl groups excluding tert-OH is 1. The molecule has 0 radical (unpaired) electrons. The highest BCUT2D eigenvalue weighted by Gasteiger charge is 2.20. The summed E-state index contributed by atoms with van der Waals surface area (Å²) in [6, 6.07) is 4.46. The summed E-state index contributed by atoms with van der Waals surface area (Å²) in [5.41, 5.74) is 0.779. The van der Waals surface area contributed by atoms with Crippen molar-refractivity contribution in [3.05, 3.63) is 29.6 Å². The maximum absolute atomic E-state index is 13.2. The quantitative estimate of drug-likeness (QED) is 0.725. The summed E-state index contributed by atoms with van der Waals surface area (Å²) in [5, 5.41) is 22.3. The first-order valence-electron chi connectivity index (χ1n) is 6.55. The highest BCUT2D eigenvalue weighted by atomic mass is 19.1. The molecule has 1 fully saturated rings. The Morgan fingerprint density at radius 1 is 1.22 bits per heavy atom. The second kappa shape index (κ2) is 6.16. The molecule has 0 amide bonds. The van der Waals surface area contributed by atoms with Crippen LogP contribution in [0.3, 0.4) is 0 Å². The summed E-state index contributed by atoms with van der Waals surface area (Å²) in [6.07, 6.45) is 4.85. The van der Waals surface area contributed by atoms with Crippen molar-refractivity contribution in [2.24, 2.45) is 0 Å². The van der Waals surface area contributed by atoms with Crippen molar-refractivity contribution < 1.29 is 14.6 Å². The van der Waals surface area contributed by atoms with E-state index < -0.39 is 5.82 Å². The van der Waals surface area contributed by atoms with Crippen molar-refractivity contribution in [1.29, 1.82) is 0 Å². The molecule has 2 unspecified atom stereocenters.